The Kier molecular flexibility index (Phi) is 5.33. The summed E-state index contributed by atoms with van der Waals surface area (Å²) in [5.74, 6) is 1.62. The number of nitrogens with two attached hydrogens (primary N) is 1. The van der Waals surface area contributed by atoms with Crippen LogP contribution in [0.1, 0.15) is 32.3 Å². The molecule has 0 spiro atoms. The molecule has 0 aromatic heterocycles. The first kappa shape index (κ1) is 13.0. The lowest BCUT2D eigenvalue weighted by Gasteiger charge is -2.16. The molecule has 2 N–H and O–H groups in total. The number of ether oxygens (including phenoxy) is 1. The van der Waals surface area contributed by atoms with Gasteiger partial charge in [0.25, 0.3) is 0 Å². The van der Waals surface area contributed by atoms with E-state index in [2.05, 4.69) is 26.0 Å². The van der Waals surface area contributed by atoms with E-state index in [1.807, 2.05) is 12.1 Å². The van der Waals surface area contributed by atoms with Gasteiger partial charge in [-0.2, -0.15) is 0 Å². The van der Waals surface area contributed by atoms with Crippen LogP contribution in [0.2, 0.25) is 0 Å². The lowest BCUT2D eigenvalue weighted by atomic mass is 9.95. The second-order valence-corrected chi connectivity index (χ2v) is 4.56. The predicted octanol–water partition coefficient (Wildman–Crippen LogP) is 3.00. The van der Waals surface area contributed by atoms with Crippen LogP contribution in [0.25, 0.3) is 0 Å². The Morgan fingerprint density at radius 3 is 2.75 bits per heavy atom. The molecule has 16 heavy (non-hydrogen) atoms. The van der Waals surface area contributed by atoms with Gasteiger partial charge in [-0.1, -0.05) is 32.4 Å². The van der Waals surface area contributed by atoms with Gasteiger partial charge in [0.1, 0.15) is 5.75 Å². The minimum Gasteiger partial charge on any atom is -0.497 e. The summed E-state index contributed by atoms with van der Waals surface area (Å²) in [5.41, 5.74) is 7.39. The van der Waals surface area contributed by atoms with Crippen molar-refractivity contribution in [1.82, 2.24) is 0 Å². The summed E-state index contributed by atoms with van der Waals surface area (Å²) < 4.78 is 5.20. The van der Waals surface area contributed by atoms with Crippen LogP contribution in [0.4, 0.5) is 0 Å². The second kappa shape index (κ2) is 6.54. The fourth-order valence-corrected chi connectivity index (χ4v) is 1.87. The summed E-state index contributed by atoms with van der Waals surface area (Å²) in [6.45, 7) is 4.47. The van der Waals surface area contributed by atoms with Crippen LogP contribution < -0.4 is 10.5 Å². The largest absolute Gasteiger partial charge is 0.497 e. The molecule has 2 unspecified atom stereocenters. The van der Waals surface area contributed by atoms with Crippen LogP contribution in [0, 0.1) is 5.92 Å². The fraction of sp³-hybridized carbons (Fsp3) is 0.571. The molecule has 90 valence electrons. The SMILES string of the molecule is CCC(C)CC(N)Cc1cccc(OC)c1. The third-order valence-corrected chi connectivity index (χ3v) is 3.03. The molecule has 0 aliphatic carbocycles. The Morgan fingerprint density at radius 1 is 1.38 bits per heavy atom. The molecule has 2 atom stereocenters. The van der Waals surface area contributed by atoms with Gasteiger partial charge >= 0.3 is 0 Å². The van der Waals surface area contributed by atoms with Gasteiger partial charge in [-0.15, -0.1) is 0 Å². The van der Waals surface area contributed by atoms with Crippen molar-refractivity contribution in [2.24, 2.45) is 11.7 Å². The van der Waals surface area contributed by atoms with Crippen LogP contribution in [0.15, 0.2) is 24.3 Å². The van der Waals surface area contributed by atoms with Crippen molar-refractivity contribution in [1.29, 1.82) is 0 Å². The van der Waals surface area contributed by atoms with E-state index < -0.39 is 0 Å². The van der Waals surface area contributed by atoms with E-state index in [4.69, 9.17) is 10.5 Å². The van der Waals surface area contributed by atoms with Gasteiger partial charge in [0.2, 0.25) is 0 Å². The molecule has 0 amide bonds. The number of hydrogen-bond acceptors (Lipinski definition) is 2. The maximum Gasteiger partial charge on any atom is 0.119 e. The van der Waals surface area contributed by atoms with E-state index in [0.29, 0.717) is 5.92 Å². The highest BCUT2D eigenvalue weighted by molar-refractivity contribution is 5.28. The Labute approximate surface area is 98.8 Å². The molecular formula is C14H23NO. The van der Waals surface area contributed by atoms with Gasteiger partial charge in [-0.3, -0.25) is 0 Å². The van der Waals surface area contributed by atoms with Crippen molar-refractivity contribution < 1.29 is 4.74 Å². The zero-order valence-corrected chi connectivity index (χ0v) is 10.6. The topological polar surface area (TPSA) is 35.2 Å². The van der Waals surface area contributed by atoms with Crippen molar-refractivity contribution in [3.8, 4) is 5.75 Å². The zero-order valence-electron chi connectivity index (χ0n) is 10.6. The standard InChI is InChI=1S/C14H23NO/c1-4-11(2)8-13(15)9-12-6-5-7-14(10-12)16-3/h5-7,10-11,13H,4,8-9,15H2,1-3H3. The van der Waals surface area contributed by atoms with Crippen LogP contribution in [0.5, 0.6) is 5.75 Å². The highest BCUT2D eigenvalue weighted by Gasteiger charge is 2.08. The average Bonchev–Trinajstić information content (AvgIpc) is 2.28. The maximum absolute atomic E-state index is 6.13. The van der Waals surface area contributed by atoms with Crippen LogP contribution in [0.3, 0.4) is 0 Å². The van der Waals surface area contributed by atoms with Crippen LogP contribution in [-0.4, -0.2) is 13.2 Å². The van der Waals surface area contributed by atoms with Crippen molar-refractivity contribution in [3.05, 3.63) is 29.8 Å². The monoisotopic (exact) mass is 221 g/mol. The third kappa shape index (κ3) is 4.23. The molecule has 0 heterocycles. The minimum absolute atomic E-state index is 0.252. The van der Waals surface area contributed by atoms with E-state index in [1.54, 1.807) is 7.11 Å². The highest BCUT2D eigenvalue weighted by Crippen LogP contribution is 2.16. The average molecular weight is 221 g/mol. The molecule has 0 saturated heterocycles. The smallest absolute Gasteiger partial charge is 0.119 e. The molecule has 2 nitrogen and oxygen atoms in total. The van der Waals surface area contributed by atoms with E-state index in [9.17, 15) is 0 Å². The molecule has 1 aromatic rings. The molecule has 2 heteroatoms. The van der Waals surface area contributed by atoms with E-state index in [1.165, 1.54) is 12.0 Å². The first-order chi connectivity index (χ1) is 7.65. The van der Waals surface area contributed by atoms with E-state index in [-0.39, 0.29) is 6.04 Å². The molecule has 0 aliphatic rings. The van der Waals surface area contributed by atoms with Crippen molar-refractivity contribution >= 4 is 0 Å². The summed E-state index contributed by atoms with van der Waals surface area (Å²) >= 11 is 0. The minimum atomic E-state index is 0.252. The molecule has 0 radical (unpaired) electrons. The van der Waals surface area contributed by atoms with Gasteiger partial charge in [-0.05, 0) is 36.5 Å². The highest BCUT2D eigenvalue weighted by atomic mass is 16.5. The predicted molar refractivity (Wildman–Crippen MR) is 68.7 cm³/mol. The Balaban J connectivity index is 2.51. The Bertz CT molecular complexity index is 311. The summed E-state index contributed by atoms with van der Waals surface area (Å²) in [6, 6.07) is 8.41. The van der Waals surface area contributed by atoms with Gasteiger partial charge in [0.15, 0.2) is 0 Å². The molecule has 1 aromatic carbocycles. The summed E-state index contributed by atoms with van der Waals surface area (Å²) in [5, 5.41) is 0. The van der Waals surface area contributed by atoms with E-state index in [0.717, 1.165) is 18.6 Å². The Hall–Kier alpha value is -1.02. The fourth-order valence-electron chi connectivity index (χ4n) is 1.87. The molecule has 0 aliphatic heterocycles. The molecule has 0 fully saturated rings. The first-order valence-corrected chi connectivity index (χ1v) is 6.04. The third-order valence-electron chi connectivity index (χ3n) is 3.03. The molecule has 0 saturated carbocycles. The summed E-state index contributed by atoms with van der Waals surface area (Å²) in [4.78, 5) is 0. The van der Waals surface area contributed by atoms with Crippen molar-refractivity contribution in [3.63, 3.8) is 0 Å². The van der Waals surface area contributed by atoms with Crippen LogP contribution in [-0.2, 0) is 6.42 Å². The molecule has 1 rings (SSSR count). The molecule has 0 bridgehead atoms. The number of rotatable bonds is 6. The lowest BCUT2D eigenvalue weighted by molar-refractivity contribution is 0.413. The first-order valence-electron chi connectivity index (χ1n) is 6.04. The maximum atomic E-state index is 6.13. The van der Waals surface area contributed by atoms with Gasteiger partial charge < -0.3 is 10.5 Å². The number of benzene rings is 1. The summed E-state index contributed by atoms with van der Waals surface area (Å²) in [7, 11) is 1.69. The summed E-state index contributed by atoms with van der Waals surface area (Å²) in [6.07, 6.45) is 3.22. The number of methoxy groups -OCH3 is 1. The second-order valence-electron chi connectivity index (χ2n) is 4.56. The van der Waals surface area contributed by atoms with Gasteiger partial charge in [-0.25, -0.2) is 0 Å². The van der Waals surface area contributed by atoms with E-state index >= 15 is 0 Å². The zero-order chi connectivity index (χ0) is 12.0. The van der Waals surface area contributed by atoms with Crippen molar-refractivity contribution in [2.75, 3.05) is 7.11 Å². The van der Waals surface area contributed by atoms with Crippen molar-refractivity contribution in [2.45, 2.75) is 39.2 Å². The van der Waals surface area contributed by atoms with Gasteiger partial charge in [0, 0.05) is 6.04 Å². The lowest BCUT2D eigenvalue weighted by Crippen LogP contribution is -2.25. The quantitative estimate of drug-likeness (QED) is 0.801. The van der Waals surface area contributed by atoms with Gasteiger partial charge in [0.05, 0.1) is 7.11 Å². The molecular weight excluding hydrogens is 198 g/mol. The Morgan fingerprint density at radius 2 is 2.12 bits per heavy atom. The van der Waals surface area contributed by atoms with Crippen LogP contribution >= 0.6 is 0 Å². The number of hydrogen-bond donors (Lipinski definition) is 1. The normalized spacial score (nSPS) is 14.5.